The number of rotatable bonds is 5. The van der Waals surface area contributed by atoms with Gasteiger partial charge >= 0.3 is 5.97 Å². The smallest absolute Gasteiger partial charge is 0.339 e. The van der Waals surface area contributed by atoms with E-state index in [1.807, 2.05) is 0 Å². The first kappa shape index (κ1) is 12.9. The molecule has 0 spiro atoms. The first-order chi connectivity index (χ1) is 9.11. The Morgan fingerprint density at radius 1 is 1.47 bits per heavy atom. The molecule has 0 saturated carbocycles. The molecule has 2 rings (SSSR count). The zero-order valence-electron chi connectivity index (χ0n) is 10.5. The molecule has 1 heterocycles. The van der Waals surface area contributed by atoms with Crippen LogP contribution in [0.3, 0.4) is 0 Å². The number of carboxylic acids is 1. The van der Waals surface area contributed by atoms with Crippen molar-refractivity contribution >= 4 is 5.97 Å². The minimum atomic E-state index is -1.08. The molecule has 2 aromatic rings. The second kappa shape index (κ2) is 5.38. The average Bonchev–Trinajstić information content (AvgIpc) is 2.81. The van der Waals surface area contributed by atoms with Crippen LogP contribution in [0.2, 0.25) is 0 Å². The van der Waals surface area contributed by atoms with Crippen LogP contribution >= 0.6 is 0 Å². The number of aromatic nitrogens is 3. The normalized spacial score (nSPS) is 10.2. The first-order valence-electron chi connectivity index (χ1n) is 5.49. The number of carboxylic acid groups (broad SMARTS) is 1. The van der Waals surface area contributed by atoms with E-state index in [1.165, 1.54) is 13.2 Å². The van der Waals surface area contributed by atoms with Crippen molar-refractivity contribution in [1.29, 1.82) is 0 Å². The van der Waals surface area contributed by atoms with Gasteiger partial charge in [0.2, 0.25) is 0 Å². The standard InChI is InChI=1S/C12H13N3O4/c1-15-7-13-14-11(15)6-19-10-4-3-8(18-2)5-9(10)12(16)17/h3-5,7H,6H2,1-2H3,(H,16,17). The molecule has 0 unspecified atom stereocenters. The van der Waals surface area contributed by atoms with Crippen LogP contribution < -0.4 is 9.47 Å². The van der Waals surface area contributed by atoms with Gasteiger partial charge in [-0.1, -0.05) is 0 Å². The Hall–Kier alpha value is -2.57. The molecule has 7 nitrogen and oxygen atoms in total. The van der Waals surface area contributed by atoms with E-state index in [4.69, 9.17) is 14.6 Å². The van der Waals surface area contributed by atoms with Gasteiger partial charge in [-0.3, -0.25) is 0 Å². The van der Waals surface area contributed by atoms with Crippen molar-refractivity contribution in [3.63, 3.8) is 0 Å². The lowest BCUT2D eigenvalue weighted by Gasteiger charge is -2.10. The highest BCUT2D eigenvalue weighted by Crippen LogP contribution is 2.24. The number of hydrogen-bond donors (Lipinski definition) is 1. The summed E-state index contributed by atoms with van der Waals surface area (Å²) in [5.74, 6) is 0.249. The predicted octanol–water partition coefficient (Wildman–Crippen LogP) is 1.10. The molecule has 0 fully saturated rings. The number of carbonyl (C=O) groups is 1. The minimum Gasteiger partial charge on any atom is -0.497 e. The van der Waals surface area contributed by atoms with E-state index in [-0.39, 0.29) is 17.9 Å². The maximum absolute atomic E-state index is 11.1. The zero-order chi connectivity index (χ0) is 13.8. The van der Waals surface area contributed by atoms with Crippen molar-refractivity contribution in [3.8, 4) is 11.5 Å². The third-order valence-corrected chi connectivity index (χ3v) is 2.58. The summed E-state index contributed by atoms with van der Waals surface area (Å²) in [7, 11) is 3.26. The van der Waals surface area contributed by atoms with Gasteiger partial charge in [0.05, 0.1) is 7.11 Å². The van der Waals surface area contributed by atoms with Crippen LogP contribution in [0.25, 0.3) is 0 Å². The number of aryl methyl sites for hydroxylation is 1. The quantitative estimate of drug-likeness (QED) is 0.869. The van der Waals surface area contributed by atoms with Gasteiger partial charge in [0.1, 0.15) is 30.0 Å². The molecule has 1 aromatic carbocycles. The molecule has 0 aliphatic rings. The van der Waals surface area contributed by atoms with E-state index in [2.05, 4.69) is 10.2 Å². The second-order valence-corrected chi connectivity index (χ2v) is 3.81. The van der Waals surface area contributed by atoms with Crippen LogP contribution in [-0.2, 0) is 13.7 Å². The Kier molecular flexibility index (Phi) is 3.65. The van der Waals surface area contributed by atoms with E-state index >= 15 is 0 Å². The monoisotopic (exact) mass is 263 g/mol. The minimum absolute atomic E-state index is 0.0431. The molecule has 1 N–H and O–H groups in total. The van der Waals surface area contributed by atoms with Crippen LogP contribution in [-0.4, -0.2) is 33.0 Å². The van der Waals surface area contributed by atoms with Crippen LogP contribution in [0.4, 0.5) is 0 Å². The maximum atomic E-state index is 11.1. The summed E-state index contributed by atoms with van der Waals surface area (Å²) in [6.45, 7) is 0.142. The summed E-state index contributed by atoms with van der Waals surface area (Å²) < 4.78 is 12.1. The van der Waals surface area contributed by atoms with Crippen LogP contribution in [0, 0.1) is 0 Å². The van der Waals surface area contributed by atoms with E-state index in [0.29, 0.717) is 11.6 Å². The SMILES string of the molecule is COc1ccc(OCc2nncn2C)c(C(=O)O)c1. The molecule has 19 heavy (non-hydrogen) atoms. The largest absolute Gasteiger partial charge is 0.497 e. The highest BCUT2D eigenvalue weighted by atomic mass is 16.5. The Bertz CT molecular complexity index is 594. The number of benzene rings is 1. The molecule has 0 bridgehead atoms. The number of aromatic carboxylic acids is 1. The Labute approximate surface area is 109 Å². The van der Waals surface area contributed by atoms with Crippen molar-refractivity contribution < 1.29 is 19.4 Å². The van der Waals surface area contributed by atoms with Crippen molar-refractivity contribution in [2.24, 2.45) is 7.05 Å². The van der Waals surface area contributed by atoms with Gasteiger partial charge in [-0.2, -0.15) is 0 Å². The van der Waals surface area contributed by atoms with Gasteiger partial charge in [0, 0.05) is 7.05 Å². The summed E-state index contributed by atoms with van der Waals surface area (Å²) in [6, 6.07) is 4.60. The number of hydrogen-bond acceptors (Lipinski definition) is 5. The number of nitrogens with zero attached hydrogens (tertiary/aromatic N) is 3. The Morgan fingerprint density at radius 3 is 2.84 bits per heavy atom. The lowest BCUT2D eigenvalue weighted by Crippen LogP contribution is -2.07. The molecule has 0 atom stereocenters. The highest BCUT2D eigenvalue weighted by Gasteiger charge is 2.13. The van der Waals surface area contributed by atoms with E-state index in [9.17, 15) is 4.79 Å². The molecule has 0 radical (unpaired) electrons. The van der Waals surface area contributed by atoms with Gasteiger partial charge in [-0.15, -0.1) is 10.2 Å². The second-order valence-electron chi connectivity index (χ2n) is 3.81. The third kappa shape index (κ3) is 2.82. The van der Waals surface area contributed by atoms with Crippen molar-refractivity contribution in [3.05, 3.63) is 35.9 Å². The third-order valence-electron chi connectivity index (χ3n) is 2.58. The van der Waals surface area contributed by atoms with Crippen LogP contribution in [0.15, 0.2) is 24.5 Å². The number of ether oxygens (including phenoxy) is 2. The van der Waals surface area contributed by atoms with E-state index in [1.54, 1.807) is 30.1 Å². The molecule has 0 amide bonds. The zero-order valence-corrected chi connectivity index (χ0v) is 10.5. The van der Waals surface area contributed by atoms with E-state index in [0.717, 1.165) is 0 Å². The first-order valence-corrected chi connectivity index (χ1v) is 5.49. The lowest BCUT2D eigenvalue weighted by molar-refractivity contribution is 0.0691. The average molecular weight is 263 g/mol. The topological polar surface area (TPSA) is 86.5 Å². The molecule has 0 aliphatic carbocycles. The summed E-state index contributed by atoms with van der Waals surface area (Å²) in [4.78, 5) is 11.1. The highest BCUT2D eigenvalue weighted by molar-refractivity contribution is 5.91. The van der Waals surface area contributed by atoms with Gasteiger partial charge in [-0.05, 0) is 18.2 Å². The van der Waals surface area contributed by atoms with Crippen molar-refractivity contribution in [2.75, 3.05) is 7.11 Å². The fourth-order valence-corrected chi connectivity index (χ4v) is 1.51. The van der Waals surface area contributed by atoms with Crippen molar-refractivity contribution in [2.45, 2.75) is 6.61 Å². The van der Waals surface area contributed by atoms with Crippen molar-refractivity contribution in [1.82, 2.24) is 14.8 Å². The lowest BCUT2D eigenvalue weighted by atomic mass is 10.2. The molecular formula is C12H13N3O4. The fraction of sp³-hybridized carbons (Fsp3) is 0.250. The fourth-order valence-electron chi connectivity index (χ4n) is 1.51. The molecule has 1 aromatic heterocycles. The molecule has 7 heteroatoms. The Balaban J connectivity index is 2.20. The van der Waals surface area contributed by atoms with Crippen LogP contribution in [0.1, 0.15) is 16.2 Å². The summed E-state index contributed by atoms with van der Waals surface area (Å²) in [6.07, 6.45) is 1.55. The summed E-state index contributed by atoms with van der Waals surface area (Å²) in [5, 5.41) is 16.7. The van der Waals surface area contributed by atoms with Gasteiger partial charge in [-0.25, -0.2) is 4.79 Å². The molecule has 100 valence electrons. The summed E-state index contributed by atoms with van der Waals surface area (Å²) in [5.41, 5.74) is 0.0431. The summed E-state index contributed by atoms with van der Waals surface area (Å²) >= 11 is 0. The van der Waals surface area contributed by atoms with Gasteiger partial charge in [0.15, 0.2) is 5.82 Å². The maximum Gasteiger partial charge on any atom is 0.339 e. The predicted molar refractivity (Wildman–Crippen MR) is 65.3 cm³/mol. The molecule has 0 aliphatic heterocycles. The van der Waals surface area contributed by atoms with Gasteiger partial charge in [0.25, 0.3) is 0 Å². The Morgan fingerprint density at radius 2 is 2.26 bits per heavy atom. The van der Waals surface area contributed by atoms with Crippen LogP contribution in [0.5, 0.6) is 11.5 Å². The van der Waals surface area contributed by atoms with Gasteiger partial charge < -0.3 is 19.1 Å². The molecule has 0 saturated heterocycles. The van der Waals surface area contributed by atoms with E-state index < -0.39 is 5.97 Å². The molecular weight excluding hydrogens is 250 g/mol. The number of methoxy groups -OCH3 is 1.